The fourth-order valence-electron chi connectivity index (χ4n) is 3.45. The average Bonchev–Trinajstić information content (AvgIpc) is 2.67. The van der Waals surface area contributed by atoms with Crippen LogP contribution in [0.2, 0.25) is 0 Å². The predicted molar refractivity (Wildman–Crippen MR) is 82.9 cm³/mol. The molecule has 9 heteroatoms. The Morgan fingerprint density at radius 3 is 2.40 bits per heavy atom. The summed E-state index contributed by atoms with van der Waals surface area (Å²) in [5, 5.41) is 2.15. The minimum atomic E-state index is -0.976. The molecule has 3 rings (SSSR count). The number of likely N-dealkylation sites (tertiary alicyclic amines) is 2. The lowest BCUT2D eigenvalue weighted by molar-refractivity contribution is -0.155. The Morgan fingerprint density at radius 2 is 1.84 bits per heavy atom. The Balaban J connectivity index is 1.68. The first-order chi connectivity index (χ1) is 11.5. The van der Waals surface area contributed by atoms with Gasteiger partial charge in [0.15, 0.2) is 0 Å². The number of rotatable bonds is 1. The van der Waals surface area contributed by atoms with E-state index in [1.165, 1.54) is 4.90 Å². The summed E-state index contributed by atoms with van der Waals surface area (Å²) >= 11 is 0. The molecular weight excluding hydrogens is 330 g/mol. The maximum absolute atomic E-state index is 12.8. The molecular formula is C16H21N3O6. The first kappa shape index (κ1) is 17.4. The Labute approximate surface area is 144 Å². The summed E-state index contributed by atoms with van der Waals surface area (Å²) in [5.41, 5.74) is -1.62. The minimum absolute atomic E-state index is 0.0388. The van der Waals surface area contributed by atoms with Crippen LogP contribution in [0.15, 0.2) is 0 Å². The van der Waals surface area contributed by atoms with Crippen molar-refractivity contribution < 1.29 is 28.7 Å². The Kier molecular flexibility index (Phi) is 3.85. The molecule has 3 aliphatic rings. The molecule has 0 aromatic heterocycles. The van der Waals surface area contributed by atoms with Gasteiger partial charge >= 0.3 is 6.09 Å². The summed E-state index contributed by atoms with van der Waals surface area (Å²) < 4.78 is 5.25. The summed E-state index contributed by atoms with van der Waals surface area (Å²) in [6, 6.07) is -0.951. The third-order valence-corrected chi connectivity index (χ3v) is 4.59. The zero-order valence-corrected chi connectivity index (χ0v) is 14.5. The second-order valence-corrected chi connectivity index (χ2v) is 7.83. The van der Waals surface area contributed by atoms with Crippen molar-refractivity contribution in [2.45, 2.75) is 51.7 Å². The lowest BCUT2D eigenvalue weighted by Crippen LogP contribution is -2.63. The van der Waals surface area contributed by atoms with Gasteiger partial charge in [0, 0.05) is 25.9 Å². The molecule has 1 atom stereocenters. The van der Waals surface area contributed by atoms with E-state index in [-0.39, 0.29) is 32.4 Å². The van der Waals surface area contributed by atoms with Crippen molar-refractivity contribution in [2.75, 3.05) is 13.1 Å². The summed E-state index contributed by atoms with van der Waals surface area (Å²) in [6.45, 7) is 5.42. The molecule has 0 saturated carbocycles. The zero-order valence-electron chi connectivity index (χ0n) is 14.5. The second kappa shape index (κ2) is 5.53. The predicted octanol–water partition coefficient (Wildman–Crippen LogP) is -0.212. The molecule has 3 aliphatic heterocycles. The normalized spacial score (nSPS) is 26.0. The molecule has 3 saturated heterocycles. The molecule has 136 valence electrons. The van der Waals surface area contributed by atoms with Gasteiger partial charge in [0.1, 0.15) is 11.6 Å². The third-order valence-electron chi connectivity index (χ3n) is 4.59. The topological polar surface area (TPSA) is 113 Å². The van der Waals surface area contributed by atoms with Gasteiger partial charge in [-0.25, -0.2) is 4.79 Å². The van der Waals surface area contributed by atoms with Gasteiger partial charge in [0.25, 0.3) is 0 Å². The van der Waals surface area contributed by atoms with Crippen molar-refractivity contribution in [3.63, 3.8) is 0 Å². The lowest BCUT2D eigenvalue weighted by Gasteiger charge is -2.45. The van der Waals surface area contributed by atoms with Gasteiger partial charge in [-0.2, -0.15) is 0 Å². The van der Waals surface area contributed by atoms with Crippen LogP contribution in [0.25, 0.3) is 0 Å². The first-order valence-corrected chi connectivity index (χ1v) is 8.21. The van der Waals surface area contributed by atoms with Crippen molar-refractivity contribution in [2.24, 2.45) is 5.41 Å². The maximum atomic E-state index is 12.8. The lowest BCUT2D eigenvalue weighted by atomic mass is 9.78. The number of carbonyl (C=O) groups excluding carboxylic acids is 5. The van der Waals surface area contributed by atoms with Crippen LogP contribution < -0.4 is 5.32 Å². The van der Waals surface area contributed by atoms with E-state index >= 15 is 0 Å². The van der Waals surface area contributed by atoms with E-state index in [2.05, 4.69) is 5.32 Å². The van der Waals surface area contributed by atoms with Crippen molar-refractivity contribution in [3.8, 4) is 0 Å². The van der Waals surface area contributed by atoms with E-state index in [9.17, 15) is 24.0 Å². The highest BCUT2D eigenvalue weighted by molar-refractivity contribution is 6.12. The van der Waals surface area contributed by atoms with Crippen LogP contribution in [0.3, 0.4) is 0 Å². The van der Waals surface area contributed by atoms with Crippen molar-refractivity contribution >= 4 is 29.7 Å². The van der Waals surface area contributed by atoms with Gasteiger partial charge in [-0.3, -0.25) is 29.4 Å². The van der Waals surface area contributed by atoms with Gasteiger partial charge in [-0.05, 0) is 27.2 Å². The SMILES string of the molecule is CC(C)(C)OC(=O)N1CC2(CC(=O)N(C3CCC(=O)NC3=O)C2=O)C1. The van der Waals surface area contributed by atoms with E-state index in [1.54, 1.807) is 20.8 Å². The molecule has 25 heavy (non-hydrogen) atoms. The van der Waals surface area contributed by atoms with Crippen molar-refractivity contribution in [1.82, 2.24) is 15.1 Å². The highest BCUT2D eigenvalue weighted by Crippen LogP contribution is 2.43. The van der Waals surface area contributed by atoms with Crippen LogP contribution in [0.5, 0.6) is 0 Å². The van der Waals surface area contributed by atoms with Gasteiger partial charge in [-0.1, -0.05) is 0 Å². The number of nitrogens with zero attached hydrogens (tertiary/aromatic N) is 2. The van der Waals surface area contributed by atoms with E-state index in [0.717, 1.165) is 4.90 Å². The summed E-state index contributed by atoms with van der Waals surface area (Å²) in [4.78, 5) is 62.7. The standard InChI is InChI=1S/C16H21N3O6/c1-15(2,3)25-14(24)18-7-16(8-18)6-11(21)19(13(16)23)9-4-5-10(20)17-12(9)22/h9H,4-8H2,1-3H3,(H,17,20,22). The Morgan fingerprint density at radius 1 is 1.20 bits per heavy atom. The number of hydrogen-bond donors (Lipinski definition) is 1. The number of nitrogens with one attached hydrogen (secondary N) is 1. The van der Waals surface area contributed by atoms with Crippen LogP contribution in [0.4, 0.5) is 4.79 Å². The third kappa shape index (κ3) is 2.98. The molecule has 1 N–H and O–H groups in total. The molecule has 3 heterocycles. The number of carbonyl (C=O) groups is 5. The van der Waals surface area contributed by atoms with Gasteiger partial charge in [0.05, 0.1) is 5.41 Å². The molecule has 1 spiro atoms. The average molecular weight is 351 g/mol. The molecule has 0 aromatic carbocycles. The van der Waals surface area contributed by atoms with Gasteiger partial charge in [-0.15, -0.1) is 0 Å². The Bertz CT molecular complexity index is 674. The second-order valence-electron chi connectivity index (χ2n) is 7.83. The monoisotopic (exact) mass is 351 g/mol. The number of piperidine rings is 1. The van der Waals surface area contributed by atoms with E-state index in [1.807, 2.05) is 0 Å². The van der Waals surface area contributed by atoms with Crippen LogP contribution in [-0.2, 0) is 23.9 Å². The largest absolute Gasteiger partial charge is 0.444 e. The Hall–Kier alpha value is -2.45. The zero-order chi connectivity index (χ0) is 18.6. The van der Waals surface area contributed by atoms with Gasteiger partial charge in [0.2, 0.25) is 23.6 Å². The molecule has 0 aromatic rings. The van der Waals surface area contributed by atoms with Crippen molar-refractivity contribution in [3.05, 3.63) is 0 Å². The smallest absolute Gasteiger partial charge is 0.410 e. The fourth-order valence-corrected chi connectivity index (χ4v) is 3.45. The first-order valence-electron chi connectivity index (χ1n) is 8.21. The van der Waals surface area contributed by atoms with E-state index in [4.69, 9.17) is 4.74 Å². The number of imide groups is 2. The van der Waals surface area contributed by atoms with Crippen LogP contribution >= 0.6 is 0 Å². The van der Waals surface area contributed by atoms with E-state index < -0.39 is 46.8 Å². The van der Waals surface area contributed by atoms with Crippen LogP contribution in [0, 0.1) is 5.41 Å². The highest BCUT2D eigenvalue weighted by Gasteiger charge is 2.62. The molecule has 0 radical (unpaired) electrons. The molecule has 0 aliphatic carbocycles. The summed E-state index contributed by atoms with van der Waals surface area (Å²) in [5.74, 6) is -1.93. The van der Waals surface area contributed by atoms with E-state index in [0.29, 0.717) is 0 Å². The number of ether oxygens (including phenoxy) is 1. The van der Waals surface area contributed by atoms with Gasteiger partial charge < -0.3 is 9.64 Å². The maximum Gasteiger partial charge on any atom is 0.410 e. The van der Waals surface area contributed by atoms with Crippen LogP contribution in [0.1, 0.15) is 40.0 Å². The molecule has 9 nitrogen and oxygen atoms in total. The number of amides is 5. The minimum Gasteiger partial charge on any atom is -0.444 e. The summed E-state index contributed by atoms with van der Waals surface area (Å²) in [7, 11) is 0. The highest BCUT2D eigenvalue weighted by atomic mass is 16.6. The quantitative estimate of drug-likeness (QED) is 0.654. The number of hydrogen-bond acceptors (Lipinski definition) is 6. The molecule has 5 amide bonds. The molecule has 0 bridgehead atoms. The summed E-state index contributed by atoms with van der Waals surface area (Å²) in [6.07, 6.45) is -0.348. The molecule has 3 fully saturated rings. The molecule has 1 unspecified atom stereocenters. The van der Waals surface area contributed by atoms with Crippen LogP contribution in [-0.4, -0.2) is 64.3 Å². The van der Waals surface area contributed by atoms with Crippen molar-refractivity contribution in [1.29, 1.82) is 0 Å². The fraction of sp³-hybridized carbons (Fsp3) is 0.688.